The van der Waals surface area contributed by atoms with Crippen molar-refractivity contribution in [2.75, 3.05) is 14.2 Å². The monoisotopic (exact) mass is 260 g/mol. The van der Waals surface area contributed by atoms with Gasteiger partial charge in [0, 0.05) is 18.1 Å². The van der Waals surface area contributed by atoms with Gasteiger partial charge in [0.25, 0.3) is 5.92 Å². The summed E-state index contributed by atoms with van der Waals surface area (Å²) < 4.78 is 37.0. The third kappa shape index (κ3) is 2.90. The van der Waals surface area contributed by atoms with Crippen LogP contribution in [0, 0.1) is 0 Å². The Kier molecular flexibility index (Phi) is 3.86. The average Bonchev–Trinajstić information content (AvgIpc) is 2.24. The van der Waals surface area contributed by atoms with Crippen molar-refractivity contribution in [1.29, 1.82) is 0 Å². The van der Waals surface area contributed by atoms with Crippen LogP contribution in [0.5, 0.6) is 11.5 Å². The van der Waals surface area contributed by atoms with Gasteiger partial charge in [0.1, 0.15) is 0 Å². The Balaban J connectivity index is 3.57. The average molecular weight is 260 g/mol. The molecule has 0 atom stereocenters. The van der Waals surface area contributed by atoms with Gasteiger partial charge in [-0.25, -0.2) is 8.78 Å². The lowest BCUT2D eigenvalue weighted by atomic mass is 9.93. The fraction of sp³-hybridized carbons (Fsp3) is 0.538. The summed E-state index contributed by atoms with van der Waals surface area (Å²) in [5, 5.41) is 10.0. The van der Waals surface area contributed by atoms with Crippen molar-refractivity contribution >= 4 is 0 Å². The SMILES string of the molecule is COc1cc(C(C)(F)F)cc(C(C)(C)O)c1OC. The fourth-order valence-electron chi connectivity index (χ4n) is 1.67. The molecule has 0 aliphatic carbocycles. The van der Waals surface area contributed by atoms with Crippen LogP contribution in [-0.4, -0.2) is 19.3 Å². The lowest BCUT2D eigenvalue weighted by Crippen LogP contribution is -2.19. The Morgan fingerprint density at radius 3 is 1.94 bits per heavy atom. The quantitative estimate of drug-likeness (QED) is 0.904. The minimum absolute atomic E-state index is 0.175. The molecule has 1 N–H and O–H groups in total. The summed E-state index contributed by atoms with van der Waals surface area (Å²) in [5.74, 6) is -2.58. The molecule has 0 saturated heterocycles. The molecule has 102 valence electrons. The molecule has 0 spiro atoms. The Labute approximate surface area is 105 Å². The minimum Gasteiger partial charge on any atom is -0.493 e. The van der Waals surface area contributed by atoms with Crippen molar-refractivity contribution in [2.45, 2.75) is 32.3 Å². The van der Waals surface area contributed by atoms with Crippen molar-refractivity contribution in [3.05, 3.63) is 23.3 Å². The molecule has 0 aliphatic rings. The minimum atomic E-state index is -3.01. The molecule has 1 aromatic rings. The largest absolute Gasteiger partial charge is 0.493 e. The zero-order valence-electron chi connectivity index (χ0n) is 11.2. The summed E-state index contributed by atoms with van der Waals surface area (Å²) in [6, 6.07) is 2.45. The van der Waals surface area contributed by atoms with E-state index in [1.807, 2.05) is 0 Å². The number of alkyl halides is 2. The first-order valence-corrected chi connectivity index (χ1v) is 5.48. The van der Waals surface area contributed by atoms with Crippen LogP contribution in [0.25, 0.3) is 0 Å². The second-order valence-electron chi connectivity index (χ2n) is 4.71. The molecule has 18 heavy (non-hydrogen) atoms. The van der Waals surface area contributed by atoms with Gasteiger partial charge in [-0.05, 0) is 26.0 Å². The van der Waals surface area contributed by atoms with Gasteiger partial charge in [-0.15, -0.1) is 0 Å². The number of hydrogen-bond donors (Lipinski definition) is 1. The molecule has 0 aliphatic heterocycles. The highest BCUT2D eigenvalue weighted by molar-refractivity contribution is 5.52. The number of halogens is 2. The lowest BCUT2D eigenvalue weighted by Gasteiger charge is -2.24. The van der Waals surface area contributed by atoms with Crippen LogP contribution in [-0.2, 0) is 11.5 Å². The van der Waals surface area contributed by atoms with Crippen LogP contribution >= 0.6 is 0 Å². The summed E-state index contributed by atoms with van der Waals surface area (Å²) in [5.41, 5.74) is -1.27. The van der Waals surface area contributed by atoms with Gasteiger partial charge in [-0.1, -0.05) is 0 Å². The standard InChI is InChI=1S/C13H18F2O3/c1-12(2,16)9-6-8(13(3,14)15)7-10(17-4)11(9)18-5/h6-7,16H,1-5H3. The number of rotatable bonds is 4. The van der Waals surface area contributed by atoms with Crippen molar-refractivity contribution in [1.82, 2.24) is 0 Å². The fourth-order valence-corrected chi connectivity index (χ4v) is 1.67. The summed E-state index contributed by atoms with van der Waals surface area (Å²) >= 11 is 0. The highest BCUT2D eigenvalue weighted by Crippen LogP contribution is 2.42. The molecule has 0 fully saturated rings. The van der Waals surface area contributed by atoms with E-state index in [-0.39, 0.29) is 22.6 Å². The predicted octanol–water partition coefficient (Wildman–Crippen LogP) is 3.04. The van der Waals surface area contributed by atoms with E-state index in [0.717, 1.165) is 6.92 Å². The van der Waals surface area contributed by atoms with Gasteiger partial charge in [0.05, 0.1) is 19.8 Å². The van der Waals surface area contributed by atoms with E-state index in [0.29, 0.717) is 0 Å². The molecule has 0 aromatic heterocycles. The Morgan fingerprint density at radius 2 is 1.61 bits per heavy atom. The zero-order chi connectivity index (χ0) is 14.1. The van der Waals surface area contributed by atoms with E-state index in [1.165, 1.54) is 40.2 Å². The molecular weight excluding hydrogens is 242 g/mol. The first-order valence-electron chi connectivity index (χ1n) is 5.48. The van der Waals surface area contributed by atoms with Crippen molar-refractivity contribution in [3.8, 4) is 11.5 Å². The smallest absolute Gasteiger partial charge is 0.270 e. The number of hydrogen-bond acceptors (Lipinski definition) is 3. The zero-order valence-corrected chi connectivity index (χ0v) is 11.2. The summed E-state index contributed by atoms with van der Waals surface area (Å²) in [6.45, 7) is 3.80. The van der Waals surface area contributed by atoms with E-state index in [2.05, 4.69) is 0 Å². The van der Waals surface area contributed by atoms with Crippen LogP contribution < -0.4 is 9.47 Å². The topological polar surface area (TPSA) is 38.7 Å². The van der Waals surface area contributed by atoms with Crippen LogP contribution in [0.15, 0.2) is 12.1 Å². The molecule has 0 heterocycles. The van der Waals surface area contributed by atoms with E-state index >= 15 is 0 Å². The summed E-state index contributed by atoms with van der Waals surface area (Å²) in [7, 11) is 2.76. The van der Waals surface area contributed by atoms with Gasteiger partial charge in [-0.2, -0.15) is 0 Å². The number of methoxy groups -OCH3 is 2. The Morgan fingerprint density at radius 1 is 1.06 bits per heavy atom. The molecule has 5 heteroatoms. The van der Waals surface area contributed by atoms with Gasteiger partial charge in [0.2, 0.25) is 0 Å². The van der Waals surface area contributed by atoms with Gasteiger partial charge < -0.3 is 14.6 Å². The molecule has 3 nitrogen and oxygen atoms in total. The van der Waals surface area contributed by atoms with Crippen LogP contribution in [0.4, 0.5) is 8.78 Å². The first-order chi connectivity index (χ1) is 8.11. The third-order valence-corrected chi connectivity index (χ3v) is 2.64. The van der Waals surface area contributed by atoms with Crippen molar-refractivity contribution in [3.63, 3.8) is 0 Å². The van der Waals surface area contributed by atoms with E-state index in [1.54, 1.807) is 0 Å². The van der Waals surface area contributed by atoms with E-state index < -0.39 is 11.5 Å². The molecule has 0 bridgehead atoms. The maximum Gasteiger partial charge on any atom is 0.270 e. The van der Waals surface area contributed by atoms with Crippen LogP contribution in [0.2, 0.25) is 0 Å². The number of ether oxygens (including phenoxy) is 2. The first kappa shape index (κ1) is 14.7. The normalized spacial score (nSPS) is 12.4. The second-order valence-corrected chi connectivity index (χ2v) is 4.71. The van der Waals surface area contributed by atoms with E-state index in [4.69, 9.17) is 9.47 Å². The van der Waals surface area contributed by atoms with Crippen LogP contribution in [0.1, 0.15) is 31.9 Å². The van der Waals surface area contributed by atoms with Crippen LogP contribution in [0.3, 0.4) is 0 Å². The molecule has 1 rings (SSSR count). The molecule has 0 saturated carbocycles. The number of aliphatic hydroxyl groups is 1. The molecular formula is C13H18F2O3. The second kappa shape index (κ2) is 4.72. The Bertz CT molecular complexity index is 431. The molecule has 0 radical (unpaired) electrons. The van der Waals surface area contributed by atoms with Gasteiger partial charge >= 0.3 is 0 Å². The van der Waals surface area contributed by atoms with Crippen molar-refractivity contribution in [2.24, 2.45) is 0 Å². The van der Waals surface area contributed by atoms with Gasteiger partial charge in [0.15, 0.2) is 11.5 Å². The highest BCUT2D eigenvalue weighted by atomic mass is 19.3. The molecule has 0 amide bonds. The Hall–Kier alpha value is -1.36. The lowest BCUT2D eigenvalue weighted by molar-refractivity contribution is 0.0163. The van der Waals surface area contributed by atoms with Gasteiger partial charge in [-0.3, -0.25) is 0 Å². The van der Waals surface area contributed by atoms with E-state index in [9.17, 15) is 13.9 Å². The molecule has 1 aromatic carbocycles. The number of benzene rings is 1. The van der Waals surface area contributed by atoms with Crippen molar-refractivity contribution < 1.29 is 23.4 Å². The molecule has 0 unspecified atom stereocenters. The summed E-state index contributed by atoms with van der Waals surface area (Å²) in [6.07, 6.45) is 0. The maximum absolute atomic E-state index is 13.4. The summed E-state index contributed by atoms with van der Waals surface area (Å²) in [4.78, 5) is 0. The predicted molar refractivity (Wildman–Crippen MR) is 64.4 cm³/mol. The third-order valence-electron chi connectivity index (χ3n) is 2.64. The maximum atomic E-state index is 13.4. The highest BCUT2D eigenvalue weighted by Gasteiger charge is 2.31.